The second kappa shape index (κ2) is 3.77. The van der Waals surface area contributed by atoms with Gasteiger partial charge in [-0.25, -0.2) is 13.4 Å². The number of hydrogen-bond acceptors (Lipinski definition) is 4. The largest absolute Gasteiger partial charge is 0.488 e. The maximum Gasteiger partial charge on any atom is 0.213 e. The SMILES string of the molecule is O=S1(=O)CCC(Oc2ccc(F)nc2)C1. The van der Waals surface area contributed by atoms with Crippen molar-refractivity contribution in [3.05, 3.63) is 24.3 Å². The van der Waals surface area contributed by atoms with Crippen molar-refractivity contribution in [2.45, 2.75) is 12.5 Å². The molecule has 1 atom stereocenters. The van der Waals surface area contributed by atoms with Crippen molar-refractivity contribution in [2.75, 3.05) is 11.5 Å². The Kier molecular flexibility index (Phi) is 2.60. The predicted molar refractivity (Wildman–Crippen MR) is 51.9 cm³/mol. The molecule has 1 aromatic heterocycles. The molecule has 0 N–H and O–H groups in total. The molecule has 1 aliphatic heterocycles. The Morgan fingerprint density at radius 1 is 1.47 bits per heavy atom. The summed E-state index contributed by atoms with van der Waals surface area (Å²) >= 11 is 0. The molecule has 0 aromatic carbocycles. The molecule has 4 nitrogen and oxygen atoms in total. The van der Waals surface area contributed by atoms with Crippen LogP contribution in [0.1, 0.15) is 6.42 Å². The van der Waals surface area contributed by atoms with Gasteiger partial charge in [0, 0.05) is 0 Å². The van der Waals surface area contributed by atoms with Gasteiger partial charge in [0.15, 0.2) is 9.84 Å². The smallest absolute Gasteiger partial charge is 0.213 e. The van der Waals surface area contributed by atoms with E-state index < -0.39 is 15.8 Å². The lowest BCUT2D eigenvalue weighted by atomic mass is 10.3. The third-order valence-electron chi connectivity index (χ3n) is 2.19. The van der Waals surface area contributed by atoms with Gasteiger partial charge < -0.3 is 4.74 Å². The molecule has 0 aliphatic carbocycles. The van der Waals surface area contributed by atoms with E-state index in [1.54, 1.807) is 0 Å². The molecule has 1 unspecified atom stereocenters. The van der Waals surface area contributed by atoms with Crippen LogP contribution < -0.4 is 4.74 Å². The van der Waals surface area contributed by atoms with Gasteiger partial charge in [0.1, 0.15) is 11.9 Å². The standard InChI is InChI=1S/C9H10FNO3S/c10-9-2-1-7(5-11-9)14-8-3-4-15(12,13)6-8/h1-2,5,8H,3-4,6H2. The summed E-state index contributed by atoms with van der Waals surface area (Å²) in [4.78, 5) is 3.42. The zero-order valence-corrected chi connectivity index (χ0v) is 8.71. The van der Waals surface area contributed by atoms with Gasteiger partial charge in [-0.3, -0.25) is 0 Å². The molecule has 0 spiro atoms. The number of ether oxygens (including phenoxy) is 1. The first kappa shape index (κ1) is 10.4. The van der Waals surface area contributed by atoms with Gasteiger partial charge in [-0.1, -0.05) is 0 Å². The third kappa shape index (κ3) is 2.65. The Morgan fingerprint density at radius 3 is 2.80 bits per heavy atom. The highest BCUT2D eigenvalue weighted by Gasteiger charge is 2.29. The number of rotatable bonds is 2. The van der Waals surface area contributed by atoms with E-state index in [0.717, 1.165) is 0 Å². The van der Waals surface area contributed by atoms with Gasteiger partial charge in [0.05, 0.1) is 17.7 Å². The molecule has 15 heavy (non-hydrogen) atoms. The fourth-order valence-corrected chi connectivity index (χ4v) is 3.07. The lowest BCUT2D eigenvalue weighted by molar-refractivity contribution is 0.227. The minimum atomic E-state index is -2.94. The summed E-state index contributed by atoms with van der Waals surface area (Å²) in [5, 5.41) is 0. The highest BCUT2D eigenvalue weighted by atomic mass is 32.2. The van der Waals surface area contributed by atoms with Crippen LogP contribution in [0.5, 0.6) is 5.75 Å². The van der Waals surface area contributed by atoms with E-state index in [1.807, 2.05) is 0 Å². The maximum absolute atomic E-state index is 12.5. The van der Waals surface area contributed by atoms with Crippen LogP contribution in [0.4, 0.5) is 4.39 Å². The molecule has 0 amide bonds. The number of pyridine rings is 1. The van der Waals surface area contributed by atoms with Gasteiger partial charge >= 0.3 is 0 Å². The molecule has 6 heteroatoms. The Labute approximate surface area is 87.0 Å². The van der Waals surface area contributed by atoms with Crippen molar-refractivity contribution in [2.24, 2.45) is 0 Å². The van der Waals surface area contributed by atoms with Crippen molar-refractivity contribution >= 4 is 9.84 Å². The molecule has 0 bridgehead atoms. The summed E-state index contributed by atoms with van der Waals surface area (Å²) in [6.45, 7) is 0. The number of halogens is 1. The van der Waals surface area contributed by atoms with Gasteiger partial charge in [-0.05, 0) is 18.6 Å². The van der Waals surface area contributed by atoms with Crippen LogP contribution in [-0.4, -0.2) is 31.0 Å². The van der Waals surface area contributed by atoms with Gasteiger partial charge in [-0.2, -0.15) is 4.39 Å². The van der Waals surface area contributed by atoms with E-state index >= 15 is 0 Å². The Bertz CT molecular complexity index is 443. The number of sulfone groups is 1. The maximum atomic E-state index is 12.5. The summed E-state index contributed by atoms with van der Waals surface area (Å²) in [5.41, 5.74) is 0. The van der Waals surface area contributed by atoms with Crippen molar-refractivity contribution in [3.8, 4) is 5.75 Å². The highest BCUT2D eigenvalue weighted by Crippen LogP contribution is 2.18. The average molecular weight is 231 g/mol. The number of aromatic nitrogens is 1. The fraction of sp³-hybridized carbons (Fsp3) is 0.444. The fourth-order valence-electron chi connectivity index (χ4n) is 1.48. The first-order valence-electron chi connectivity index (χ1n) is 4.54. The van der Waals surface area contributed by atoms with Crippen LogP contribution in [0.15, 0.2) is 18.3 Å². The van der Waals surface area contributed by atoms with Gasteiger partial charge in [-0.15, -0.1) is 0 Å². The molecular weight excluding hydrogens is 221 g/mol. The molecular formula is C9H10FNO3S. The van der Waals surface area contributed by atoms with Gasteiger partial charge in [0.2, 0.25) is 5.95 Å². The number of nitrogens with zero attached hydrogens (tertiary/aromatic N) is 1. The van der Waals surface area contributed by atoms with E-state index in [1.165, 1.54) is 18.3 Å². The monoisotopic (exact) mass is 231 g/mol. The Morgan fingerprint density at radius 2 is 2.27 bits per heavy atom. The molecule has 1 fully saturated rings. The average Bonchev–Trinajstić information content (AvgIpc) is 2.50. The molecule has 2 heterocycles. The minimum absolute atomic E-state index is 0.0321. The molecule has 1 aliphatic rings. The van der Waals surface area contributed by atoms with Gasteiger partial charge in [0.25, 0.3) is 0 Å². The number of hydrogen-bond donors (Lipinski definition) is 0. The normalized spacial score (nSPS) is 23.9. The summed E-state index contributed by atoms with van der Waals surface area (Å²) < 4.78 is 40.1. The first-order chi connectivity index (χ1) is 7.05. The van der Waals surface area contributed by atoms with Crippen molar-refractivity contribution in [1.29, 1.82) is 0 Å². The molecule has 1 saturated heterocycles. The van der Waals surface area contributed by atoms with Crippen LogP contribution in [0.25, 0.3) is 0 Å². The lowest BCUT2D eigenvalue weighted by Gasteiger charge is -2.10. The van der Waals surface area contributed by atoms with E-state index in [2.05, 4.69) is 4.98 Å². The van der Waals surface area contributed by atoms with Crippen molar-refractivity contribution in [1.82, 2.24) is 4.98 Å². The van der Waals surface area contributed by atoms with Crippen LogP contribution >= 0.6 is 0 Å². The lowest BCUT2D eigenvalue weighted by Crippen LogP contribution is -2.17. The molecule has 2 rings (SSSR count). The van der Waals surface area contributed by atoms with Crippen LogP contribution in [-0.2, 0) is 9.84 Å². The van der Waals surface area contributed by atoms with E-state index in [4.69, 9.17) is 4.74 Å². The summed E-state index contributed by atoms with van der Waals surface area (Å²) in [7, 11) is -2.94. The van der Waals surface area contributed by atoms with Crippen LogP contribution in [0, 0.1) is 5.95 Å². The van der Waals surface area contributed by atoms with E-state index in [0.29, 0.717) is 12.2 Å². The molecule has 0 saturated carbocycles. The van der Waals surface area contributed by atoms with Crippen molar-refractivity contribution in [3.63, 3.8) is 0 Å². The van der Waals surface area contributed by atoms with Crippen LogP contribution in [0.3, 0.4) is 0 Å². The molecule has 82 valence electrons. The minimum Gasteiger partial charge on any atom is -0.488 e. The molecule has 1 aromatic rings. The van der Waals surface area contributed by atoms with Crippen molar-refractivity contribution < 1.29 is 17.5 Å². The van der Waals surface area contributed by atoms with Crippen LogP contribution in [0.2, 0.25) is 0 Å². The topological polar surface area (TPSA) is 56.3 Å². The predicted octanol–water partition coefficient (Wildman–Crippen LogP) is 0.787. The zero-order chi connectivity index (χ0) is 10.9. The summed E-state index contributed by atoms with van der Waals surface area (Å²) in [6.07, 6.45) is 1.40. The van der Waals surface area contributed by atoms with E-state index in [-0.39, 0.29) is 17.6 Å². The Balaban J connectivity index is 2.02. The summed E-state index contributed by atoms with van der Waals surface area (Å²) in [6, 6.07) is 2.62. The van der Waals surface area contributed by atoms with E-state index in [9.17, 15) is 12.8 Å². The second-order valence-corrected chi connectivity index (χ2v) is 5.69. The molecule has 0 radical (unpaired) electrons. The summed E-state index contributed by atoms with van der Waals surface area (Å²) in [5.74, 6) is 0.0105. The highest BCUT2D eigenvalue weighted by molar-refractivity contribution is 7.91. The second-order valence-electron chi connectivity index (χ2n) is 3.46. The quantitative estimate of drug-likeness (QED) is 0.706. The first-order valence-corrected chi connectivity index (χ1v) is 6.36. The third-order valence-corrected chi connectivity index (χ3v) is 3.93. The Hall–Kier alpha value is -1.17. The zero-order valence-electron chi connectivity index (χ0n) is 7.89.